The molecule has 1 aliphatic heterocycles. The number of esters is 1. The maximum Gasteiger partial charge on any atom is 0.338 e. The van der Waals surface area contributed by atoms with Gasteiger partial charge in [0, 0.05) is 17.2 Å². The fourth-order valence-corrected chi connectivity index (χ4v) is 5.11. The van der Waals surface area contributed by atoms with E-state index in [1.165, 1.54) is 30.3 Å². The second-order valence-electron chi connectivity index (χ2n) is 7.31. The van der Waals surface area contributed by atoms with Gasteiger partial charge < -0.3 is 10.1 Å². The first-order chi connectivity index (χ1) is 13.8. The number of carbonyl (C=O) groups is 3. The number of benzene rings is 2. The number of ether oxygens (including phenoxy) is 1. The van der Waals surface area contributed by atoms with E-state index >= 15 is 0 Å². The van der Waals surface area contributed by atoms with Crippen molar-refractivity contribution in [1.29, 1.82) is 0 Å². The molecule has 0 radical (unpaired) electrons. The van der Waals surface area contributed by atoms with Crippen molar-refractivity contribution in [3.05, 3.63) is 59.2 Å². The van der Waals surface area contributed by atoms with Crippen LogP contribution in [0, 0.1) is 5.92 Å². The topological polar surface area (TPSA) is 107 Å². The average Bonchev–Trinajstić information content (AvgIpc) is 3.56. The molecule has 0 saturated heterocycles. The zero-order valence-corrected chi connectivity index (χ0v) is 16.5. The van der Waals surface area contributed by atoms with Crippen molar-refractivity contribution in [3.63, 3.8) is 0 Å². The van der Waals surface area contributed by atoms with Crippen LogP contribution in [-0.2, 0) is 19.4 Å². The summed E-state index contributed by atoms with van der Waals surface area (Å²) in [6.45, 7) is 1.45. The Labute approximate surface area is 168 Å². The Morgan fingerprint density at radius 1 is 1.10 bits per heavy atom. The molecule has 4 rings (SSSR count). The van der Waals surface area contributed by atoms with E-state index in [1.807, 2.05) is 6.92 Å². The highest BCUT2D eigenvalue weighted by atomic mass is 32.2. The number of amides is 1. The van der Waals surface area contributed by atoms with E-state index in [2.05, 4.69) is 5.32 Å². The molecule has 0 spiro atoms. The van der Waals surface area contributed by atoms with E-state index in [4.69, 9.17) is 4.74 Å². The first-order valence-electron chi connectivity index (χ1n) is 9.28. The van der Waals surface area contributed by atoms with Crippen LogP contribution in [0.15, 0.2) is 52.3 Å². The average molecular weight is 413 g/mol. The Hall–Kier alpha value is -3.00. The molecule has 1 N–H and O–H groups in total. The van der Waals surface area contributed by atoms with Gasteiger partial charge in [-0.05, 0) is 56.0 Å². The van der Waals surface area contributed by atoms with Gasteiger partial charge in [0.15, 0.2) is 12.4 Å². The second-order valence-corrected chi connectivity index (χ2v) is 9.20. The van der Waals surface area contributed by atoms with E-state index in [9.17, 15) is 22.8 Å². The lowest BCUT2D eigenvalue weighted by atomic mass is 10.0. The molecule has 29 heavy (non-hydrogen) atoms. The van der Waals surface area contributed by atoms with E-state index in [-0.39, 0.29) is 32.5 Å². The quantitative estimate of drug-likeness (QED) is 0.642. The molecule has 7 nitrogen and oxygen atoms in total. The van der Waals surface area contributed by atoms with E-state index in [0.717, 1.165) is 18.9 Å². The summed E-state index contributed by atoms with van der Waals surface area (Å²) in [6.07, 6.45) is 2.15. The molecule has 1 aliphatic carbocycles. The van der Waals surface area contributed by atoms with Crippen molar-refractivity contribution in [1.82, 2.24) is 5.32 Å². The van der Waals surface area contributed by atoms with Crippen molar-refractivity contribution in [2.24, 2.45) is 5.92 Å². The van der Waals surface area contributed by atoms with E-state index in [0.29, 0.717) is 5.92 Å². The Bertz CT molecular complexity index is 1130. The van der Waals surface area contributed by atoms with Crippen LogP contribution in [0.3, 0.4) is 0 Å². The molecule has 2 aromatic rings. The fourth-order valence-electron chi connectivity index (χ4n) is 3.44. The number of carbonyl (C=O) groups excluding carboxylic acids is 3. The largest absolute Gasteiger partial charge is 0.452 e. The third-order valence-corrected chi connectivity index (χ3v) is 7.08. The van der Waals surface area contributed by atoms with Gasteiger partial charge in [-0.2, -0.15) is 0 Å². The molecule has 0 aromatic heterocycles. The van der Waals surface area contributed by atoms with Crippen molar-refractivity contribution < 1.29 is 27.5 Å². The number of fused-ring (bicyclic) bond motifs is 2. The maximum absolute atomic E-state index is 12.9. The van der Waals surface area contributed by atoms with Gasteiger partial charge in [0.1, 0.15) is 0 Å². The molecule has 0 unspecified atom stereocenters. The van der Waals surface area contributed by atoms with Crippen LogP contribution in [-0.4, -0.2) is 38.7 Å². The number of hydrogen-bond donors (Lipinski definition) is 1. The third-order valence-electron chi connectivity index (χ3n) is 5.22. The molecular weight excluding hydrogens is 394 g/mol. The lowest BCUT2D eigenvalue weighted by Gasteiger charge is -2.19. The Balaban J connectivity index is 1.53. The number of rotatable bonds is 5. The summed E-state index contributed by atoms with van der Waals surface area (Å²) in [4.78, 5) is 36.5. The van der Waals surface area contributed by atoms with Crippen LogP contribution in [0.1, 0.15) is 46.0 Å². The summed E-state index contributed by atoms with van der Waals surface area (Å²) >= 11 is 0. The molecule has 1 atom stereocenters. The van der Waals surface area contributed by atoms with Crippen LogP contribution < -0.4 is 5.32 Å². The Morgan fingerprint density at radius 2 is 1.79 bits per heavy atom. The fraction of sp³-hybridized carbons (Fsp3) is 0.286. The highest BCUT2D eigenvalue weighted by Gasteiger charge is 2.35. The number of nitrogens with one attached hydrogen (secondary N) is 1. The second kappa shape index (κ2) is 7.11. The van der Waals surface area contributed by atoms with Crippen molar-refractivity contribution in [2.75, 3.05) is 6.61 Å². The summed E-state index contributed by atoms with van der Waals surface area (Å²) in [6, 6.07) is 9.74. The summed E-state index contributed by atoms with van der Waals surface area (Å²) in [5, 5.41) is 2.77. The van der Waals surface area contributed by atoms with Gasteiger partial charge in [-0.15, -0.1) is 0 Å². The predicted molar refractivity (Wildman–Crippen MR) is 102 cm³/mol. The first-order valence-corrected chi connectivity index (χ1v) is 10.8. The first kappa shape index (κ1) is 19.3. The molecule has 1 fully saturated rings. The lowest BCUT2D eigenvalue weighted by Crippen LogP contribution is -2.37. The molecular formula is C21H19NO6S. The summed E-state index contributed by atoms with van der Waals surface area (Å²) in [7, 11) is -3.95. The molecule has 1 saturated carbocycles. The van der Waals surface area contributed by atoms with Crippen LogP contribution >= 0.6 is 0 Å². The number of hydrogen-bond acceptors (Lipinski definition) is 6. The van der Waals surface area contributed by atoms with Crippen molar-refractivity contribution >= 4 is 27.5 Å². The molecule has 2 aliphatic rings. The third kappa shape index (κ3) is 3.55. The van der Waals surface area contributed by atoms with Crippen molar-refractivity contribution in [3.8, 4) is 0 Å². The van der Waals surface area contributed by atoms with Gasteiger partial charge in [0.05, 0.1) is 15.4 Å². The van der Waals surface area contributed by atoms with Gasteiger partial charge >= 0.3 is 5.97 Å². The summed E-state index contributed by atoms with van der Waals surface area (Å²) in [5.74, 6) is -1.18. The minimum atomic E-state index is -3.95. The van der Waals surface area contributed by atoms with Gasteiger partial charge in [-0.1, -0.05) is 12.1 Å². The molecule has 2 aromatic carbocycles. The summed E-state index contributed by atoms with van der Waals surface area (Å²) in [5.41, 5.74) is 0.0792. The Morgan fingerprint density at radius 3 is 2.52 bits per heavy atom. The van der Waals surface area contributed by atoms with Crippen molar-refractivity contribution in [2.45, 2.75) is 35.6 Å². The highest BCUT2D eigenvalue weighted by molar-refractivity contribution is 7.91. The smallest absolute Gasteiger partial charge is 0.338 e. The number of ketones is 1. The minimum Gasteiger partial charge on any atom is -0.452 e. The van der Waals surface area contributed by atoms with E-state index in [1.54, 1.807) is 6.07 Å². The predicted octanol–water partition coefficient (Wildman–Crippen LogP) is 2.14. The highest BCUT2D eigenvalue weighted by Crippen LogP contribution is 2.35. The monoisotopic (exact) mass is 413 g/mol. The van der Waals surface area contributed by atoms with Gasteiger partial charge in [-0.3, -0.25) is 9.59 Å². The normalized spacial score (nSPS) is 17.6. The molecule has 0 bridgehead atoms. The van der Waals surface area contributed by atoms with E-state index < -0.39 is 34.1 Å². The van der Waals surface area contributed by atoms with Crippen LogP contribution in [0.5, 0.6) is 0 Å². The van der Waals surface area contributed by atoms with Crippen LogP contribution in [0.25, 0.3) is 0 Å². The lowest BCUT2D eigenvalue weighted by molar-refractivity contribution is -0.124. The SMILES string of the molecule is C[C@@H](NC(=O)COC(=O)c1ccc2c(c1)S(=O)(=O)c1ccccc1C2=O)C1CC1. The molecule has 1 heterocycles. The van der Waals surface area contributed by atoms with Gasteiger partial charge in [-0.25, -0.2) is 13.2 Å². The molecule has 1 amide bonds. The summed E-state index contributed by atoms with van der Waals surface area (Å²) < 4.78 is 30.8. The van der Waals surface area contributed by atoms with Crippen LogP contribution in [0.4, 0.5) is 0 Å². The molecule has 8 heteroatoms. The van der Waals surface area contributed by atoms with Gasteiger partial charge in [0.2, 0.25) is 9.84 Å². The minimum absolute atomic E-state index is 0.0104. The Kier molecular flexibility index (Phi) is 4.74. The van der Waals surface area contributed by atoms with Gasteiger partial charge in [0.25, 0.3) is 5.91 Å². The number of sulfone groups is 1. The zero-order valence-electron chi connectivity index (χ0n) is 15.7. The zero-order chi connectivity index (χ0) is 20.8. The van der Waals surface area contributed by atoms with Crippen LogP contribution in [0.2, 0.25) is 0 Å². The maximum atomic E-state index is 12.9. The standard InChI is InChI=1S/C21H19NO6S/c1-12(13-6-7-13)22-19(23)11-28-21(25)14-8-9-16-18(10-14)29(26,27)17-5-3-2-4-15(17)20(16)24/h2-5,8-10,12-13H,6-7,11H2,1H3,(H,22,23)/t12-/m1/s1. The molecule has 150 valence electrons.